The fourth-order valence-electron chi connectivity index (χ4n) is 9.40. The zero-order chi connectivity index (χ0) is 37.5. The van der Waals surface area contributed by atoms with Crippen molar-refractivity contribution in [2.75, 3.05) is 0 Å². The van der Waals surface area contributed by atoms with Crippen molar-refractivity contribution in [1.82, 2.24) is 9.13 Å². The van der Waals surface area contributed by atoms with Crippen molar-refractivity contribution in [3.05, 3.63) is 206 Å². The summed E-state index contributed by atoms with van der Waals surface area (Å²) in [6.45, 7) is 0. The molecule has 0 saturated carbocycles. The van der Waals surface area contributed by atoms with Crippen molar-refractivity contribution < 1.29 is 4.42 Å². The summed E-state index contributed by atoms with van der Waals surface area (Å²) in [4.78, 5) is 0. The molecule has 0 spiro atoms. The van der Waals surface area contributed by atoms with Crippen LogP contribution in [0.3, 0.4) is 0 Å². The van der Waals surface area contributed by atoms with Gasteiger partial charge in [0, 0.05) is 38.2 Å². The summed E-state index contributed by atoms with van der Waals surface area (Å²) in [7, 11) is 0. The molecule has 3 aromatic heterocycles. The number of hydrogen-bond donors (Lipinski definition) is 0. The predicted octanol–water partition coefficient (Wildman–Crippen LogP) is 14.8. The van der Waals surface area contributed by atoms with Crippen molar-refractivity contribution in [2.24, 2.45) is 0 Å². The number of rotatable bonds is 5. The Hall–Kier alpha value is -7.62. The van der Waals surface area contributed by atoms with Crippen LogP contribution in [0.1, 0.15) is 0 Å². The molecule has 266 valence electrons. The Morgan fingerprint density at radius 2 is 0.807 bits per heavy atom. The molecule has 9 aromatic carbocycles. The number of aromatic nitrogens is 2. The Balaban J connectivity index is 1.16. The highest BCUT2D eigenvalue weighted by molar-refractivity contribution is 6.23. The maximum absolute atomic E-state index is 6.90. The van der Waals surface area contributed by atoms with E-state index in [1.54, 1.807) is 0 Å². The molecule has 0 unspecified atom stereocenters. The second kappa shape index (κ2) is 12.5. The fourth-order valence-corrected chi connectivity index (χ4v) is 9.40. The standard InChI is InChI=1S/C54H34N2O/c1-3-17-35(18-4-1)37-21-7-8-22-38(37)41-33-34-49(53-44-25-11-14-32-50(44)57-54(41)53)56-46-29-13-10-24-43(46)52-40(27-16-31-48(52)56)39-26-15-30-47-51(39)42-23-9-12-28-45(42)55(47)36-19-5-2-6-20-36/h1-34H. The Bertz CT molecular complexity index is 3510. The normalized spacial score (nSPS) is 11.9. The second-order valence-corrected chi connectivity index (χ2v) is 14.8. The van der Waals surface area contributed by atoms with Crippen molar-refractivity contribution in [1.29, 1.82) is 0 Å². The molecule has 12 rings (SSSR count). The number of benzene rings is 9. The average molecular weight is 727 g/mol. The second-order valence-electron chi connectivity index (χ2n) is 14.8. The van der Waals surface area contributed by atoms with E-state index in [-0.39, 0.29) is 0 Å². The quantitative estimate of drug-likeness (QED) is 0.173. The molecule has 0 fully saturated rings. The Kier molecular flexibility index (Phi) is 6.93. The third-order valence-corrected chi connectivity index (χ3v) is 11.7. The molecule has 0 amide bonds. The topological polar surface area (TPSA) is 23.0 Å². The fraction of sp³-hybridized carbons (Fsp3) is 0. The minimum Gasteiger partial charge on any atom is -0.455 e. The minimum atomic E-state index is 0.876. The van der Waals surface area contributed by atoms with Crippen LogP contribution in [0.5, 0.6) is 0 Å². The first-order valence-corrected chi connectivity index (χ1v) is 19.5. The largest absolute Gasteiger partial charge is 0.455 e. The smallest absolute Gasteiger partial charge is 0.145 e. The molecule has 0 saturated heterocycles. The Labute approximate surface area is 328 Å². The molecule has 3 heteroatoms. The lowest BCUT2D eigenvalue weighted by Gasteiger charge is -2.14. The van der Waals surface area contributed by atoms with Gasteiger partial charge in [0.1, 0.15) is 11.2 Å². The minimum absolute atomic E-state index is 0.876. The van der Waals surface area contributed by atoms with Gasteiger partial charge < -0.3 is 13.6 Å². The van der Waals surface area contributed by atoms with Crippen LogP contribution in [-0.4, -0.2) is 9.13 Å². The van der Waals surface area contributed by atoms with Crippen LogP contribution in [0.15, 0.2) is 211 Å². The van der Waals surface area contributed by atoms with Crippen LogP contribution in [0, 0.1) is 0 Å². The number of para-hydroxylation sites is 4. The highest BCUT2D eigenvalue weighted by Gasteiger charge is 2.24. The van der Waals surface area contributed by atoms with Gasteiger partial charge in [-0.3, -0.25) is 0 Å². The molecule has 57 heavy (non-hydrogen) atoms. The molecular weight excluding hydrogens is 693 g/mol. The van der Waals surface area contributed by atoms with Gasteiger partial charge >= 0.3 is 0 Å². The maximum Gasteiger partial charge on any atom is 0.145 e. The van der Waals surface area contributed by atoms with Crippen molar-refractivity contribution in [3.63, 3.8) is 0 Å². The first-order chi connectivity index (χ1) is 28.3. The molecule has 3 nitrogen and oxygen atoms in total. The van der Waals surface area contributed by atoms with E-state index in [1.807, 2.05) is 0 Å². The van der Waals surface area contributed by atoms with E-state index in [0.29, 0.717) is 0 Å². The van der Waals surface area contributed by atoms with Gasteiger partial charge in [-0.15, -0.1) is 0 Å². The summed E-state index contributed by atoms with van der Waals surface area (Å²) in [6, 6.07) is 74.2. The summed E-state index contributed by atoms with van der Waals surface area (Å²) in [5, 5.41) is 7.15. The Morgan fingerprint density at radius 1 is 0.298 bits per heavy atom. The van der Waals surface area contributed by atoms with E-state index < -0.39 is 0 Å². The van der Waals surface area contributed by atoms with E-state index in [4.69, 9.17) is 4.42 Å². The first kappa shape index (κ1) is 31.7. The zero-order valence-corrected chi connectivity index (χ0v) is 30.9. The average Bonchev–Trinajstić information content (AvgIpc) is 3.95. The van der Waals surface area contributed by atoms with Gasteiger partial charge in [-0.1, -0.05) is 152 Å². The SMILES string of the molecule is c1ccc(-c2ccccc2-c2ccc(-n3c4ccccc4c4c(-c5cccc6c5c5ccccc5n6-c5ccccc5)cccc43)c3c2oc2ccccc23)cc1. The Morgan fingerprint density at radius 3 is 1.51 bits per heavy atom. The predicted molar refractivity (Wildman–Crippen MR) is 239 cm³/mol. The summed E-state index contributed by atoms with van der Waals surface area (Å²) in [5.41, 5.74) is 15.7. The highest BCUT2D eigenvalue weighted by Crippen LogP contribution is 2.47. The molecular formula is C54H34N2O. The van der Waals surface area contributed by atoms with Crippen LogP contribution < -0.4 is 0 Å². The summed E-state index contributed by atoms with van der Waals surface area (Å²) >= 11 is 0. The van der Waals surface area contributed by atoms with Gasteiger partial charge in [0.25, 0.3) is 0 Å². The highest BCUT2D eigenvalue weighted by atomic mass is 16.3. The zero-order valence-electron chi connectivity index (χ0n) is 30.9. The molecule has 0 aliphatic rings. The first-order valence-electron chi connectivity index (χ1n) is 19.5. The molecule has 0 atom stereocenters. The van der Waals surface area contributed by atoms with Crippen molar-refractivity contribution in [3.8, 4) is 44.8 Å². The van der Waals surface area contributed by atoms with E-state index in [2.05, 4.69) is 215 Å². The van der Waals surface area contributed by atoms with Crippen LogP contribution >= 0.6 is 0 Å². The van der Waals surface area contributed by atoms with Gasteiger partial charge in [0.05, 0.1) is 33.1 Å². The molecule has 12 aromatic rings. The van der Waals surface area contributed by atoms with E-state index in [0.717, 1.165) is 55.5 Å². The van der Waals surface area contributed by atoms with Crippen LogP contribution in [-0.2, 0) is 0 Å². The van der Waals surface area contributed by atoms with E-state index >= 15 is 0 Å². The van der Waals surface area contributed by atoms with Gasteiger partial charge in [0.15, 0.2) is 0 Å². The summed E-state index contributed by atoms with van der Waals surface area (Å²) < 4.78 is 11.8. The van der Waals surface area contributed by atoms with Gasteiger partial charge in [0.2, 0.25) is 0 Å². The monoisotopic (exact) mass is 726 g/mol. The van der Waals surface area contributed by atoms with Crippen LogP contribution in [0.2, 0.25) is 0 Å². The number of furan rings is 1. The lowest BCUT2D eigenvalue weighted by molar-refractivity contribution is 0.670. The maximum atomic E-state index is 6.90. The molecule has 0 aliphatic heterocycles. The number of nitrogens with zero attached hydrogens (tertiary/aromatic N) is 2. The van der Waals surface area contributed by atoms with Gasteiger partial charge in [-0.25, -0.2) is 0 Å². The molecule has 0 radical (unpaired) electrons. The number of fused-ring (bicyclic) bond motifs is 9. The van der Waals surface area contributed by atoms with Gasteiger partial charge in [-0.2, -0.15) is 0 Å². The van der Waals surface area contributed by atoms with E-state index in [1.165, 1.54) is 54.8 Å². The third-order valence-electron chi connectivity index (χ3n) is 11.7. The van der Waals surface area contributed by atoms with Crippen molar-refractivity contribution in [2.45, 2.75) is 0 Å². The molecule has 0 bridgehead atoms. The third kappa shape index (κ3) is 4.66. The van der Waals surface area contributed by atoms with E-state index in [9.17, 15) is 0 Å². The molecule has 3 heterocycles. The summed E-state index contributed by atoms with van der Waals surface area (Å²) in [6.07, 6.45) is 0. The lowest BCUT2D eigenvalue weighted by atomic mass is 9.93. The number of hydrogen-bond acceptors (Lipinski definition) is 1. The van der Waals surface area contributed by atoms with Crippen LogP contribution in [0.4, 0.5) is 0 Å². The molecule has 0 N–H and O–H groups in total. The van der Waals surface area contributed by atoms with Crippen molar-refractivity contribution >= 4 is 65.6 Å². The van der Waals surface area contributed by atoms with Crippen LogP contribution in [0.25, 0.3) is 110 Å². The lowest BCUT2D eigenvalue weighted by Crippen LogP contribution is -1.96. The molecule has 0 aliphatic carbocycles. The van der Waals surface area contributed by atoms with Gasteiger partial charge in [-0.05, 0) is 82.4 Å². The summed E-state index contributed by atoms with van der Waals surface area (Å²) in [5.74, 6) is 0.